The van der Waals surface area contributed by atoms with Crippen LogP contribution in [0.3, 0.4) is 0 Å². The van der Waals surface area contributed by atoms with Crippen LogP contribution in [0.25, 0.3) is 0 Å². The van der Waals surface area contributed by atoms with Gasteiger partial charge in [-0.1, -0.05) is 6.92 Å². The molecular formula is C12H21N3O2S. The number of rotatable bonds is 6. The lowest BCUT2D eigenvalue weighted by molar-refractivity contribution is 0.369. The molecule has 0 saturated heterocycles. The van der Waals surface area contributed by atoms with Gasteiger partial charge in [-0.2, -0.15) is 4.31 Å². The predicted octanol–water partition coefficient (Wildman–Crippen LogP) is 1.93. The highest BCUT2D eigenvalue weighted by Crippen LogP contribution is 2.24. The number of nitrogens with zero attached hydrogens (tertiary/aromatic N) is 2. The zero-order chi connectivity index (χ0) is 13.8. The average Bonchev–Trinajstić information content (AvgIpc) is 2.30. The van der Waals surface area contributed by atoms with E-state index in [1.165, 1.54) is 10.5 Å². The van der Waals surface area contributed by atoms with Crippen LogP contribution in [0.1, 0.15) is 27.7 Å². The first-order chi connectivity index (χ1) is 8.45. The summed E-state index contributed by atoms with van der Waals surface area (Å²) >= 11 is 0. The highest BCUT2D eigenvalue weighted by molar-refractivity contribution is 7.89. The van der Waals surface area contributed by atoms with E-state index < -0.39 is 10.0 Å². The molecule has 0 spiro atoms. The Balaban J connectivity index is 3.27. The van der Waals surface area contributed by atoms with Gasteiger partial charge in [-0.25, -0.2) is 8.42 Å². The molecule has 0 saturated carbocycles. The third kappa shape index (κ3) is 3.00. The van der Waals surface area contributed by atoms with Crippen LogP contribution in [-0.2, 0) is 10.0 Å². The summed E-state index contributed by atoms with van der Waals surface area (Å²) in [5.74, 6) is 0. The number of anilines is 1. The Bertz CT molecular complexity index is 486. The quantitative estimate of drug-likeness (QED) is 0.859. The van der Waals surface area contributed by atoms with Crippen LogP contribution in [0.5, 0.6) is 0 Å². The molecule has 18 heavy (non-hydrogen) atoms. The third-order valence-corrected chi connectivity index (χ3v) is 4.80. The van der Waals surface area contributed by atoms with Gasteiger partial charge in [0.15, 0.2) is 0 Å². The molecule has 0 atom stereocenters. The van der Waals surface area contributed by atoms with Gasteiger partial charge in [0.05, 0.1) is 5.69 Å². The Labute approximate surface area is 109 Å². The van der Waals surface area contributed by atoms with E-state index in [0.29, 0.717) is 18.8 Å². The molecule has 1 heterocycles. The van der Waals surface area contributed by atoms with Crippen molar-refractivity contribution in [2.75, 3.05) is 18.4 Å². The van der Waals surface area contributed by atoms with Crippen LogP contribution >= 0.6 is 0 Å². The minimum absolute atomic E-state index is 0.0744. The summed E-state index contributed by atoms with van der Waals surface area (Å²) in [6.45, 7) is 8.60. The molecule has 0 fully saturated rings. The van der Waals surface area contributed by atoms with Gasteiger partial charge in [0.1, 0.15) is 4.90 Å². The lowest BCUT2D eigenvalue weighted by Gasteiger charge is -2.25. The van der Waals surface area contributed by atoms with E-state index in [4.69, 9.17) is 0 Å². The molecule has 1 aromatic heterocycles. The molecule has 0 unspecified atom stereocenters. The van der Waals surface area contributed by atoms with Crippen molar-refractivity contribution >= 4 is 15.7 Å². The summed E-state index contributed by atoms with van der Waals surface area (Å²) in [7, 11) is -3.49. The standard InChI is InChI=1S/C12H21N3O2S/c1-5-14-11-7-8-13-9-12(11)18(16,17)15(6-2)10(3)4/h7-10H,5-6H2,1-4H3,(H,13,14). The van der Waals surface area contributed by atoms with E-state index in [0.717, 1.165) is 0 Å². The van der Waals surface area contributed by atoms with Crippen molar-refractivity contribution in [2.45, 2.75) is 38.6 Å². The van der Waals surface area contributed by atoms with Gasteiger partial charge in [0.2, 0.25) is 10.0 Å². The first-order valence-corrected chi connectivity index (χ1v) is 7.58. The van der Waals surface area contributed by atoms with Gasteiger partial charge in [-0.05, 0) is 26.8 Å². The molecule has 1 rings (SSSR count). The maximum atomic E-state index is 12.5. The van der Waals surface area contributed by atoms with Crippen LogP contribution in [0, 0.1) is 0 Å². The molecule has 0 amide bonds. The van der Waals surface area contributed by atoms with Crippen molar-refractivity contribution in [2.24, 2.45) is 0 Å². The van der Waals surface area contributed by atoms with Crippen LogP contribution in [0.4, 0.5) is 5.69 Å². The first-order valence-electron chi connectivity index (χ1n) is 6.14. The Hall–Kier alpha value is -1.14. The molecule has 0 bridgehead atoms. The highest BCUT2D eigenvalue weighted by atomic mass is 32.2. The Morgan fingerprint density at radius 3 is 2.56 bits per heavy atom. The molecule has 0 aliphatic rings. The van der Waals surface area contributed by atoms with Crippen molar-refractivity contribution in [1.82, 2.24) is 9.29 Å². The van der Waals surface area contributed by atoms with Gasteiger partial charge in [-0.15, -0.1) is 0 Å². The molecule has 5 nitrogen and oxygen atoms in total. The van der Waals surface area contributed by atoms with Crippen molar-refractivity contribution in [3.8, 4) is 0 Å². The topological polar surface area (TPSA) is 62.3 Å². The van der Waals surface area contributed by atoms with Gasteiger partial charge >= 0.3 is 0 Å². The second kappa shape index (κ2) is 6.15. The van der Waals surface area contributed by atoms with E-state index in [1.807, 2.05) is 27.7 Å². The lowest BCUT2D eigenvalue weighted by Crippen LogP contribution is -2.37. The van der Waals surface area contributed by atoms with E-state index in [1.54, 1.807) is 12.3 Å². The lowest BCUT2D eigenvalue weighted by atomic mass is 10.4. The molecular weight excluding hydrogens is 250 g/mol. The van der Waals surface area contributed by atoms with Crippen LogP contribution < -0.4 is 5.32 Å². The van der Waals surface area contributed by atoms with Crippen molar-refractivity contribution in [3.63, 3.8) is 0 Å². The van der Waals surface area contributed by atoms with Gasteiger partial charge < -0.3 is 5.32 Å². The van der Waals surface area contributed by atoms with E-state index in [2.05, 4.69) is 10.3 Å². The Morgan fingerprint density at radius 1 is 1.39 bits per heavy atom. The molecule has 1 aromatic rings. The summed E-state index contributed by atoms with van der Waals surface area (Å²) in [5, 5.41) is 3.05. The second-order valence-electron chi connectivity index (χ2n) is 4.20. The number of sulfonamides is 1. The summed E-state index contributed by atoms with van der Waals surface area (Å²) < 4.78 is 26.6. The largest absolute Gasteiger partial charge is 0.384 e. The molecule has 102 valence electrons. The van der Waals surface area contributed by atoms with Crippen LogP contribution in [-0.4, -0.2) is 36.8 Å². The summed E-state index contributed by atoms with van der Waals surface area (Å²) in [5.41, 5.74) is 0.603. The van der Waals surface area contributed by atoms with Crippen LogP contribution in [0.15, 0.2) is 23.4 Å². The van der Waals surface area contributed by atoms with E-state index in [-0.39, 0.29) is 10.9 Å². The zero-order valence-electron chi connectivity index (χ0n) is 11.3. The second-order valence-corrected chi connectivity index (χ2v) is 6.06. The van der Waals surface area contributed by atoms with Gasteiger partial charge in [-0.3, -0.25) is 4.98 Å². The van der Waals surface area contributed by atoms with Gasteiger partial charge in [0.25, 0.3) is 0 Å². The zero-order valence-corrected chi connectivity index (χ0v) is 12.2. The van der Waals surface area contributed by atoms with E-state index in [9.17, 15) is 8.42 Å². The summed E-state index contributed by atoms with van der Waals surface area (Å²) in [6, 6.07) is 1.61. The fourth-order valence-electron chi connectivity index (χ4n) is 1.86. The van der Waals surface area contributed by atoms with Crippen LogP contribution in [0.2, 0.25) is 0 Å². The molecule has 6 heteroatoms. The highest BCUT2D eigenvalue weighted by Gasteiger charge is 2.27. The number of nitrogens with one attached hydrogen (secondary N) is 1. The third-order valence-electron chi connectivity index (χ3n) is 2.63. The molecule has 1 N–H and O–H groups in total. The fourth-order valence-corrected chi connectivity index (χ4v) is 3.62. The molecule has 0 radical (unpaired) electrons. The first kappa shape index (κ1) is 14.9. The molecule has 0 aliphatic carbocycles. The smallest absolute Gasteiger partial charge is 0.246 e. The van der Waals surface area contributed by atoms with Crippen molar-refractivity contribution in [1.29, 1.82) is 0 Å². The molecule has 0 aliphatic heterocycles. The minimum atomic E-state index is -3.49. The normalized spacial score (nSPS) is 12.1. The molecule has 0 aromatic carbocycles. The SMILES string of the molecule is CCNc1ccncc1S(=O)(=O)N(CC)C(C)C. The van der Waals surface area contributed by atoms with E-state index >= 15 is 0 Å². The summed E-state index contributed by atoms with van der Waals surface area (Å²) in [4.78, 5) is 4.16. The minimum Gasteiger partial charge on any atom is -0.384 e. The monoisotopic (exact) mass is 271 g/mol. The fraction of sp³-hybridized carbons (Fsp3) is 0.583. The Morgan fingerprint density at radius 2 is 2.06 bits per heavy atom. The maximum absolute atomic E-state index is 12.5. The van der Waals surface area contributed by atoms with Crippen molar-refractivity contribution in [3.05, 3.63) is 18.5 Å². The van der Waals surface area contributed by atoms with Gasteiger partial charge in [0, 0.05) is 31.5 Å². The number of pyridine rings is 1. The number of hydrogen-bond donors (Lipinski definition) is 1. The number of hydrogen-bond acceptors (Lipinski definition) is 4. The maximum Gasteiger partial charge on any atom is 0.246 e. The predicted molar refractivity (Wildman–Crippen MR) is 73.1 cm³/mol. The number of aromatic nitrogens is 1. The van der Waals surface area contributed by atoms with Crippen molar-refractivity contribution < 1.29 is 8.42 Å². The average molecular weight is 271 g/mol. The Kier molecular flexibility index (Phi) is 5.10. The summed E-state index contributed by atoms with van der Waals surface area (Å²) in [6.07, 6.45) is 2.99.